The fourth-order valence-electron chi connectivity index (χ4n) is 2.36. The predicted molar refractivity (Wildman–Crippen MR) is 83.7 cm³/mol. The Bertz CT molecular complexity index is 627. The number of aryl methyl sites for hydroxylation is 2. The van der Waals surface area contributed by atoms with Gasteiger partial charge in [0.2, 0.25) is 0 Å². The molecule has 1 aromatic heterocycles. The zero-order valence-electron chi connectivity index (χ0n) is 13.1. The first-order valence-corrected chi connectivity index (χ1v) is 6.92. The first-order valence-electron chi connectivity index (χ1n) is 6.92. The van der Waals surface area contributed by atoms with Crippen molar-refractivity contribution in [3.05, 3.63) is 29.5 Å². The molecule has 0 amide bonds. The zero-order chi connectivity index (χ0) is 14.9. The van der Waals surface area contributed by atoms with E-state index < -0.39 is 0 Å². The summed E-state index contributed by atoms with van der Waals surface area (Å²) in [6.45, 7) is 10.4. The van der Waals surface area contributed by atoms with Crippen LogP contribution in [0.2, 0.25) is 0 Å². The van der Waals surface area contributed by atoms with Crippen LogP contribution in [0.4, 0.5) is 5.69 Å². The molecule has 0 fully saturated rings. The third-order valence-electron chi connectivity index (χ3n) is 3.26. The summed E-state index contributed by atoms with van der Waals surface area (Å²) in [6, 6.07) is 6.39. The van der Waals surface area contributed by atoms with Crippen LogP contribution in [-0.4, -0.2) is 20.7 Å². The van der Waals surface area contributed by atoms with Crippen molar-refractivity contribution in [3.63, 3.8) is 0 Å². The van der Waals surface area contributed by atoms with Gasteiger partial charge < -0.3 is 0 Å². The van der Waals surface area contributed by atoms with Crippen molar-refractivity contribution in [2.45, 2.75) is 40.5 Å². The van der Waals surface area contributed by atoms with Crippen molar-refractivity contribution in [1.82, 2.24) is 15.0 Å². The van der Waals surface area contributed by atoms with Crippen LogP contribution >= 0.6 is 0 Å². The van der Waals surface area contributed by atoms with E-state index in [4.69, 9.17) is 0 Å². The average molecular weight is 270 g/mol. The molecule has 0 aliphatic heterocycles. The fourth-order valence-corrected chi connectivity index (χ4v) is 2.36. The van der Waals surface area contributed by atoms with Crippen LogP contribution < -0.4 is 0 Å². The fraction of sp³-hybridized carbons (Fsp3) is 0.438. The summed E-state index contributed by atoms with van der Waals surface area (Å²) in [7, 11) is 1.92. The number of nitrogens with zero attached hydrogens (tertiary/aromatic N) is 4. The molecule has 0 saturated heterocycles. The highest BCUT2D eigenvalue weighted by atomic mass is 15.4. The summed E-state index contributed by atoms with van der Waals surface area (Å²) in [5.41, 5.74) is 6.53. The Labute approximate surface area is 120 Å². The molecule has 0 N–H and O–H groups in total. The minimum absolute atomic E-state index is 0.426. The first kappa shape index (κ1) is 14.4. The van der Waals surface area contributed by atoms with Crippen molar-refractivity contribution < 1.29 is 0 Å². The van der Waals surface area contributed by atoms with Gasteiger partial charge in [-0.05, 0) is 44.4 Å². The first-order chi connectivity index (χ1) is 9.40. The lowest BCUT2D eigenvalue weighted by Gasteiger charge is -2.12. The highest BCUT2D eigenvalue weighted by Crippen LogP contribution is 2.32. The average Bonchev–Trinajstić information content (AvgIpc) is 2.69. The van der Waals surface area contributed by atoms with E-state index in [9.17, 15) is 0 Å². The summed E-state index contributed by atoms with van der Waals surface area (Å²) in [5, 5.41) is 8.20. The van der Waals surface area contributed by atoms with Crippen molar-refractivity contribution in [2.24, 2.45) is 12.0 Å². The largest absolute Gasteiger partial charge is 0.258 e. The Balaban J connectivity index is 2.59. The Kier molecular flexibility index (Phi) is 4.02. The van der Waals surface area contributed by atoms with E-state index in [2.05, 4.69) is 47.4 Å². The molecule has 0 atom stereocenters. The molecule has 0 saturated carbocycles. The van der Waals surface area contributed by atoms with Gasteiger partial charge in [-0.25, -0.2) is 4.68 Å². The number of aliphatic imine (C=N–C) groups is 1. The van der Waals surface area contributed by atoms with E-state index in [0.29, 0.717) is 5.92 Å². The second-order valence-corrected chi connectivity index (χ2v) is 5.63. The highest BCUT2D eigenvalue weighted by Gasteiger charge is 2.13. The van der Waals surface area contributed by atoms with Crippen molar-refractivity contribution in [1.29, 1.82) is 0 Å². The number of rotatable bonds is 3. The summed E-state index contributed by atoms with van der Waals surface area (Å²) >= 11 is 0. The normalized spacial score (nSPS) is 10.9. The van der Waals surface area contributed by atoms with Gasteiger partial charge in [0.05, 0.1) is 17.1 Å². The molecule has 0 radical (unpaired) electrons. The molecule has 20 heavy (non-hydrogen) atoms. The molecular formula is C16H22N4. The Morgan fingerprint density at radius 1 is 1.25 bits per heavy atom. The molecular weight excluding hydrogens is 248 g/mol. The molecule has 4 nitrogen and oxygen atoms in total. The molecule has 0 bridgehead atoms. The minimum Gasteiger partial charge on any atom is -0.258 e. The molecule has 1 aromatic carbocycles. The Morgan fingerprint density at radius 2 is 1.95 bits per heavy atom. The molecule has 106 valence electrons. The van der Waals surface area contributed by atoms with Gasteiger partial charge in [0.15, 0.2) is 0 Å². The summed E-state index contributed by atoms with van der Waals surface area (Å²) < 4.78 is 1.82. The van der Waals surface area contributed by atoms with Crippen LogP contribution in [0.15, 0.2) is 23.2 Å². The number of hydrogen-bond donors (Lipinski definition) is 0. The van der Waals surface area contributed by atoms with Crippen LogP contribution in [0.3, 0.4) is 0 Å². The maximum atomic E-state index is 4.63. The standard InChI is InChI=1S/C16H22N4/c1-10(2)14-9-13(7-8-15(14)17-11(3)4)16-12(5)18-19-20(16)6/h7-10H,1-6H3. The van der Waals surface area contributed by atoms with E-state index in [1.807, 2.05) is 32.5 Å². The molecule has 0 spiro atoms. The summed E-state index contributed by atoms with van der Waals surface area (Å²) in [4.78, 5) is 4.63. The SMILES string of the molecule is CC(C)=Nc1ccc(-c2c(C)nnn2C)cc1C(C)C. The van der Waals surface area contributed by atoms with E-state index in [-0.39, 0.29) is 0 Å². The lowest BCUT2D eigenvalue weighted by Crippen LogP contribution is -1.97. The quantitative estimate of drug-likeness (QED) is 0.790. The highest BCUT2D eigenvalue weighted by molar-refractivity contribution is 5.83. The molecule has 2 rings (SSSR count). The molecule has 1 heterocycles. The molecule has 4 heteroatoms. The van der Waals surface area contributed by atoms with E-state index in [1.165, 1.54) is 5.56 Å². The number of benzene rings is 1. The third kappa shape index (κ3) is 2.79. The monoisotopic (exact) mass is 270 g/mol. The van der Waals surface area contributed by atoms with E-state index >= 15 is 0 Å². The lowest BCUT2D eigenvalue weighted by atomic mass is 9.97. The Hall–Kier alpha value is -1.97. The van der Waals surface area contributed by atoms with Crippen molar-refractivity contribution in [3.8, 4) is 11.3 Å². The van der Waals surface area contributed by atoms with Crippen LogP contribution in [0.5, 0.6) is 0 Å². The number of aromatic nitrogens is 3. The smallest absolute Gasteiger partial charge is 0.0911 e. The maximum absolute atomic E-state index is 4.63. The lowest BCUT2D eigenvalue weighted by molar-refractivity contribution is 0.719. The second-order valence-electron chi connectivity index (χ2n) is 5.63. The van der Waals surface area contributed by atoms with Crippen LogP contribution in [0.25, 0.3) is 11.3 Å². The third-order valence-corrected chi connectivity index (χ3v) is 3.26. The van der Waals surface area contributed by atoms with Crippen LogP contribution in [-0.2, 0) is 7.05 Å². The molecule has 2 aromatic rings. The topological polar surface area (TPSA) is 43.1 Å². The summed E-state index contributed by atoms with van der Waals surface area (Å²) in [6.07, 6.45) is 0. The maximum Gasteiger partial charge on any atom is 0.0911 e. The van der Waals surface area contributed by atoms with E-state index in [0.717, 1.165) is 28.4 Å². The van der Waals surface area contributed by atoms with Gasteiger partial charge in [-0.2, -0.15) is 0 Å². The van der Waals surface area contributed by atoms with Crippen LogP contribution in [0.1, 0.15) is 44.9 Å². The van der Waals surface area contributed by atoms with Crippen LogP contribution in [0, 0.1) is 6.92 Å². The van der Waals surface area contributed by atoms with Gasteiger partial charge in [0.25, 0.3) is 0 Å². The molecule has 0 unspecified atom stereocenters. The van der Waals surface area contributed by atoms with Gasteiger partial charge in [-0.3, -0.25) is 4.99 Å². The van der Waals surface area contributed by atoms with Gasteiger partial charge in [-0.15, -0.1) is 5.10 Å². The van der Waals surface area contributed by atoms with Crippen molar-refractivity contribution in [2.75, 3.05) is 0 Å². The van der Waals surface area contributed by atoms with Gasteiger partial charge in [0.1, 0.15) is 0 Å². The second kappa shape index (κ2) is 5.57. The minimum atomic E-state index is 0.426. The van der Waals surface area contributed by atoms with E-state index in [1.54, 1.807) is 0 Å². The molecule has 0 aliphatic carbocycles. The zero-order valence-corrected chi connectivity index (χ0v) is 13.1. The predicted octanol–water partition coefficient (Wildman–Crippen LogP) is 4.03. The van der Waals surface area contributed by atoms with Crippen molar-refractivity contribution >= 4 is 11.4 Å². The van der Waals surface area contributed by atoms with Gasteiger partial charge in [0, 0.05) is 18.3 Å². The Morgan fingerprint density at radius 3 is 2.45 bits per heavy atom. The number of hydrogen-bond acceptors (Lipinski definition) is 3. The van der Waals surface area contributed by atoms with Gasteiger partial charge >= 0.3 is 0 Å². The summed E-state index contributed by atoms with van der Waals surface area (Å²) in [5.74, 6) is 0.426. The molecule has 0 aliphatic rings. The van der Waals surface area contributed by atoms with Gasteiger partial charge in [-0.1, -0.05) is 25.1 Å².